The maximum absolute atomic E-state index is 13.4. The predicted molar refractivity (Wildman–Crippen MR) is 67.4 cm³/mol. The third kappa shape index (κ3) is 1.92. The lowest BCUT2D eigenvalue weighted by atomic mass is 9.83. The van der Waals surface area contributed by atoms with E-state index in [4.69, 9.17) is 5.73 Å². The molecule has 3 rings (SSSR count). The predicted octanol–water partition coefficient (Wildman–Crippen LogP) is 3.85. The molecule has 1 atom stereocenters. The molecule has 0 bridgehead atoms. The van der Waals surface area contributed by atoms with Crippen LogP contribution in [0.1, 0.15) is 37.3 Å². The Morgan fingerprint density at radius 1 is 1.11 bits per heavy atom. The van der Waals surface area contributed by atoms with E-state index in [0.29, 0.717) is 29.0 Å². The molecule has 0 saturated carbocycles. The Morgan fingerprint density at radius 2 is 1.79 bits per heavy atom. The van der Waals surface area contributed by atoms with E-state index < -0.39 is 12.3 Å². The highest BCUT2D eigenvalue weighted by Crippen LogP contribution is 2.48. The maximum Gasteiger partial charge on any atom is 0.489 e. The summed E-state index contributed by atoms with van der Waals surface area (Å²) in [6.45, 7) is 0. The van der Waals surface area contributed by atoms with Crippen LogP contribution in [-0.2, 0) is 0 Å². The van der Waals surface area contributed by atoms with Crippen molar-refractivity contribution in [3.8, 4) is 0 Å². The summed E-state index contributed by atoms with van der Waals surface area (Å²) in [7, 11) is 0. The van der Waals surface area contributed by atoms with Crippen molar-refractivity contribution < 1.29 is 13.2 Å². The van der Waals surface area contributed by atoms with Crippen LogP contribution < -0.4 is 10.6 Å². The van der Waals surface area contributed by atoms with E-state index >= 15 is 0 Å². The first kappa shape index (κ1) is 12.5. The molecule has 1 aromatic rings. The SMILES string of the molecule is NC1C2=C(CCCC2)N(C(F)(F)F)c2ccccc21. The molecule has 0 fully saturated rings. The van der Waals surface area contributed by atoms with Gasteiger partial charge in [-0.2, -0.15) is 0 Å². The van der Waals surface area contributed by atoms with Gasteiger partial charge in [0.25, 0.3) is 0 Å². The van der Waals surface area contributed by atoms with Crippen LogP contribution in [0.15, 0.2) is 35.5 Å². The topological polar surface area (TPSA) is 29.3 Å². The van der Waals surface area contributed by atoms with Crippen molar-refractivity contribution in [1.82, 2.24) is 0 Å². The zero-order chi connectivity index (χ0) is 13.6. The standard InChI is InChI=1S/C14H15F3N2/c15-14(16,17)19-11-7-3-1-5-9(11)13(18)10-6-2-4-8-12(10)19/h1,3,5,7,13H,2,4,6,8,18H2. The van der Waals surface area contributed by atoms with Gasteiger partial charge in [0.05, 0.1) is 11.7 Å². The van der Waals surface area contributed by atoms with E-state index in [9.17, 15) is 13.2 Å². The number of nitrogens with zero attached hydrogens (tertiary/aromatic N) is 1. The average molecular weight is 268 g/mol. The zero-order valence-corrected chi connectivity index (χ0v) is 10.4. The average Bonchev–Trinajstić information content (AvgIpc) is 2.38. The molecule has 102 valence electrons. The van der Waals surface area contributed by atoms with Gasteiger partial charge in [0, 0.05) is 5.70 Å². The summed E-state index contributed by atoms with van der Waals surface area (Å²) in [6.07, 6.45) is -1.57. The molecule has 1 heterocycles. The van der Waals surface area contributed by atoms with Crippen LogP contribution in [0.5, 0.6) is 0 Å². The molecule has 1 aromatic carbocycles. The molecule has 0 radical (unpaired) electrons. The number of para-hydroxylation sites is 1. The first-order chi connectivity index (χ1) is 9.00. The minimum atomic E-state index is -4.39. The first-order valence-electron chi connectivity index (χ1n) is 6.43. The summed E-state index contributed by atoms with van der Waals surface area (Å²) in [4.78, 5) is 0.528. The van der Waals surface area contributed by atoms with Gasteiger partial charge in [0.2, 0.25) is 0 Å². The Balaban J connectivity index is 2.20. The van der Waals surface area contributed by atoms with Crippen molar-refractivity contribution >= 4 is 5.69 Å². The van der Waals surface area contributed by atoms with Gasteiger partial charge in [-0.05, 0) is 42.9 Å². The largest absolute Gasteiger partial charge is 0.489 e. The van der Waals surface area contributed by atoms with Gasteiger partial charge in [0.1, 0.15) is 0 Å². The molecule has 2 nitrogen and oxygen atoms in total. The first-order valence-corrected chi connectivity index (χ1v) is 6.43. The molecule has 0 aromatic heterocycles. The Bertz CT molecular complexity index is 534. The van der Waals surface area contributed by atoms with Crippen molar-refractivity contribution in [3.63, 3.8) is 0 Å². The molecule has 1 aliphatic carbocycles. The number of alkyl halides is 3. The third-order valence-corrected chi connectivity index (χ3v) is 3.89. The Hall–Kier alpha value is -1.49. The van der Waals surface area contributed by atoms with Crippen molar-refractivity contribution in [2.45, 2.75) is 38.0 Å². The Morgan fingerprint density at radius 3 is 2.53 bits per heavy atom. The molecule has 2 aliphatic rings. The number of allylic oxidation sites excluding steroid dienone is 1. The van der Waals surface area contributed by atoms with Crippen molar-refractivity contribution in [3.05, 3.63) is 41.1 Å². The summed E-state index contributed by atoms with van der Waals surface area (Å²) >= 11 is 0. The van der Waals surface area contributed by atoms with Crippen LogP contribution >= 0.6 is 0 Å². The molecule has 5 heteroatoms. The fourth-order valence-electron chi connectivity index (χ4n) is 3.08. The number of halogens is 3. The lowest BCUT2D eigenvalue weighted by Crippen LogP contribution is -2.43. The molecular weight excluding hydrogens is 253 g/mol. The van der Waals surface area contributed by atoms with Gasteiger partial charge in [-0.3, -0.25) is 4.90 Å². The van der Waals surface area contributed by atoms with Gasteiger partial charge >= 0.3 is 6.30 Å². The number of benzene rings is 1. The molecule has 2 N–H and O–H groups in total. The molecule has 0 spiro atoms. The van der Waals surface area contributed by atoms with Gasteiger partial charge in [0.15, 0.2) is 0 Å². The van der Waals surface area contributed by atoms with Crippen molar-refractivity contribution in [2.24, 2.45) is 5.73 Å². The summed E-state index contributed by atoms with van der Waals surface area (Å²) in [5.74, 6) is 0. The monoisotopic (exact) mass is 268 g/mol. The van der Waals surface area contributed by atoms with Crippen LogP contribution in [0.25, 0.3) is 0 Å². The van der Waals surface area contributed by atoms with Gasteiger partial charge in [-0.15, -0.1) is 13.2 Å². The van der Waals surface area contributed by atoms with Crippen LogP contribution in [0.2, 0.25) is 0 Å². The van der Waals surface area contributed by atoms with Gasteiger partial charge in [-0.25, -0.2) is 0 Å². The minimum Gasteiger partial charge on any atom is -0.320 e. The van der Waals surface area contributed by atoms with Crippen LogP contribution in [0.4, 0.5) is 18.9 Å². The number of rotatable bonds is 0. The molecule has 19 heavy (non-hydrogen) atoms. The van der Waals surface area contributed by atoms with Crippen molar-refractivity contribution in [1.29, 1.82) is 0 Å². The number of hydrogen-bond donors (Lipinski definition) is 1. The second-order valence-electron chi connectivity index (χ2n) is 5.02. The van der Waals surface area contributed by atoms with E-state index in [1.807, 2.05) is 0 Å². The highest BCUT2D eigenvalue weighted by atomic mass is 19.4. The molecule has 0 amide bonds. The lowest BCUT2D eigenvalue weighted by Gasteiger charge is -2.41. The Kier molecular flexibility index (Phi) is 2.82. The summed E-state index contributed by atoms with van der Waals surface area (Å²) in [5, 5.41) is 0. The Labute approximate surface area is 109 Å². The fourth-order valence-corrected chi connectivity index (χ4v) is 3.08. The summed E-state index contributed by atoms with van der Waals surface area (Å²) < 4.78 is 40.1. The minimum absolute atomic E-state index is 0.183. The third-order valence-electron chi connectivity index (χ3n) is 3.89. The van der Waals surface area contributed by atoms with Gasteiger partial charge in [-0.1, -0.05) is 18.2 Å². The van der Waals surface area contributed by atoms with Crippen LogP contribution in [-0.4, -0.2) is 6.30 Å². The van der Waals surface area contributed by atoms with Crippen molar-refractivity contribution in [2.75, 3.05) is 4.90 Å². The zero-order valence-electron chi connectivity index (χ0n) is 10.4. The second kappa shape index (κ2) is 4.27. The number of fused-ring (bicyclic) bond motifs is 1. The number of nitrogens with two attached hydrogens (primary N) is 1. The summed E-state index contributed by atoms with van der Waals surface area (Å²) in [6, 6.07) is 6.16. The number of hydrogen-bond acceptors (Lipinski definition) is 2. The molecule has 0 saturated heterocycles. The lowest BCUT2D eigenvalue weighted by molar-refractivity contribution is -0.125. The highest BCUT2D eigenvalue weighted by molar-refractivity contribution is 5.65. The van der Waals surface area contributed by atoms with Crippen LogP contribution in [0, 0.1) is 0 Å². The van der Waals surface area contributed by atoms with E-state index in [1.54, 1.807) is 18.2 Å². The quantitative estimate of drug-likeness (QED) is 0.724. The van der Waals surface area contributed by atoms with E-state index in [1.165, 1.54) is 6.07 Å². The fraction of sp³-hybridized carbons (Fsp3) is 0.429. The normalized spacial score (nSPS) is 23.2. The molecule has 1 unspecified atom stereocenters. The van der Waals surface area contributed by atoms with E-state index in [0.717, 1.165) is 18.4 Å². The van der Waals surface area contributed by atoms with Gasteiger partial charge < -0.3 is 5.73 Å². The summed E-state index contributed by atoms with van der Waals surface area (Å²) in [5.41, 5.74) is 8.03. The molecular formula is C14H15F3N2. The van der Waals surface area contributed by atoms with E-state index in [-0.39, 0.29) is 5.69 Å². The van der Waals surface area contributed by atoms with E-state index in [2.05, 4.69) is 0 Å². The smallest absolute Gasteiger partial charge is 0.320 e. The second-order valence-corrected chi connectivity index (χ2v) is 5.02. The number of anilines is 1. The highest BCUT2D eigenvalue weighted by Gasteiger charge is 2.45. The van der Waals surface area contributed by atoms with Crippen LogP contribution in [0.3, 0.4) is 0 Å². The molecule has 1 aliphatic heterocycles. The maximum atomic E-state index is 13.4.